The van der Waals surface area contributed by atoms with Crippen molar-refractivity contribution in [2.24, 2.45) is 0 Å². The van der Waals surface area contributed by atoms with Crippen molar-refractivity contribution >= 4 is 118 Å². The summed E-state index contributed by atoms with van der Waals surface area (Å²) in [6.07, 6.45) is 0. The Labute approximate surface area is 773 Å². The Morgan fingerprint density at radius 3 is 0.679 bits per heavy atom. The summed E-state index contributed by atoms with van der Waals surface area (Å²) in [4.78, 5) is 44.9. The second-order valence-electron chi connectivity index (χ2n) is 33.8. The van der Waals surface area contributed by atoms with Crippen LogP contribution in [0.4, 0.5) is 0 Å². The first-order valence-corrected chi connectivity index (χ1v) is 45.2. The standard InChI is InChI=1S/2C43H27N3.C39H25N3/c1-2-12-30(13-3-1)41-44-42(46-43(45-41)34-21-20-28-10-4-5-14-31(28)26-34)33-16-8-15-32(27-33)36-18-9-19-37-39(36)25-24-38-35-17-7-6-11-29(35)22-23-40(37)38;1-2-11-31(12-3-1)41-44-42(32-20-17-29(18-21-32)34-22-19-28-9-4-5-13-33(28)27-34)46-43(45-41)40-16-8-15-36-38-24-23-30-10-6-7-14-35(30)37(38)25-26-39(36)40;1-3-12-27(13-4-1)37-40-38(28-14-5-2-6-15-28)42-39(41-37)30-17-9-16-29(25-30)32-19-10-20-33-35(32)24-23-34-31-18-8-7-11-26(31)21-22-36(33)34/h2*1-27H;1-25H. The van der Waals surface area contributed by atoms with Gasteiger partial charge in [0.15, 0.2) is 52.4 Å². The molecule has 9 heteroatoms. The zero-order valence-corrected chi connectivity index (χ0v) is 72.6. The van der Waals surface area contributed by atoms with Crippen LogP contribution in [-0.4, -0.2) is 44.9 Å². The molecule has 0 saturated carbocycles. The fourth-order valence-electron chi connectivity index (χ4n) is 19.1. The van der Waals surface area contributed by atoms with Crippen molar-refractivity contribution in [1.29, 1.82) is 0 Å². The summed E-state index contributed by atoms with van der Waals surface area (Å²) in [5.74, 6) is 5.90. The molecule has 26 aromatic rings. The summed E-state index contributed by atoms with van der Waals surface area (Å²) in [5, 5.41) is 27.2. The SMILES string of the molecule is c1ccc(-c2nc(-c3ccc(-c4ccc5ccccc5c4)cc3)nc(-c3cccc4c3ccc3c5ccccc5ccc43)n2)cc1.c1ccc(-c2nc(-c3cccc(-c4cccc5c4ccc4c6ccccc6ccc54)c3)nc(-c3ccc4ccccc4c3)n2)cc1.c1ccc(-c2nc(-c3ccccc3)nc(-c3cccc(-c4cccc5c4ccc4c6ccccc6ccc54)c3)n2)cc1. The number of hydrogen-bond acceptors (Lipinski definition) is 9. The molecule has 0 bridgehead atoms. The van der Waals surface area contributed by atoms with Crippen LogP contribution >= 0.6 is 0 Å². The molecule has 0 N–H and O–H groups in total. The van der Waals surface area contributed by atoms with E-state index in [1.165, 1.54) is 124 Å². The lowest BCUT2D eigenvalue weighted by Gasteiger charge is -2.13. The first-order valence-electron chi connectivity index (χ1n) is 45.2. The number of rotatable bonds is 12. The summed E-state index contributed by atoms with van der Waals surface area (Å²) in [5.41, 5.74) is 15.6. The summed E-state index contributed by atoms with van der Waals surface area (Å²) in [6.45, 7) is 0. The van der Waals surface area contributed by atoms with Crippen LogP contribution in [0.2, 0.25) is 0 Å². The van der Waals surface area contributed by atoms with E-state index in [4.69, 9.17) is 44.9 Å². The molecule has 9 nitrogen and oxygen atoms in total. The fraction of sp³-hybridized carbons (Fsp3) is 0. The third-order valence-corrected chi connectivity index (χ3v) is 25.7. The summed E-state index contributed by atoms with van der Waals surface area (Å²) >= 11 is 0. The third-order valence-electron chi connectivity index (χ3n) is 25.7. The Kier molecular flexibility index (Phi) is 20.4. The van der Waals surface area contributed by atoms with Gasteiger partial charge in [0.2, 0.25) is 0 Å². The second-order valence-corrected chi connectivity index (χ2v) is 33.8. The number of benzene rings is 23. The van der Waals surface area contributed by atoms with Crippen molar-refractivity contribution in [2.75, 3.05) is 0 Å². The maximum absolute atomic E-state index is 5.10. The van der Waals surface area contributed by atoms with Crippen molar-refractivity contribution in [3.63, 3.8) is 0 Å². The summed E-state index contributed by atoms with van der Waals surface area (Å²) < 4.78 is 0. The van der Waals surface area contributed by atoms with Crippen molar-refractivity contribution in [1.82, 2.24) is 44.9 Å². The molecule has 0 fully saturated rings. The first-order chi connectivity index (χ1) is 66.4. The van der Waals surface area contributed by atoms with E-state index in [-0.39, 0.29) is 0 Å². The molecule has 0 aliphatic heterocycles. The minimum Gasteiger partial charge on any atom is -0.208 e. The molecule has 0 atom stereocenters. The molecule has 3 heterocycles. The highest BCUT2D eigenvalue weighted by Crippen LogP contribution is 2.43. The van der Waals surface area contributed by atoms with Gasteiger partial charge in [-0.1, -0.05) is 455 Å². The maximum atomic E-state index is 5.10. The highest BCUT2D eigenvalue weighted by atomic mass is 15.1. The van der Waals surface area contributed by atoms with Gasteiger partial charge in [0, 0.05) is 50.1 Å². The van der Waals surface area contributed by atoms with Gasteiger partial charge in [-0.15, -0.1) is 0 Å². The predicted octanol–water partition coefficient (Wildman–Crippen LogP) is 32.3. The van der Waals surface area contributed by atoms with Crippen molar-refractivity contribution in [3.8, 4) is 136 Å². The zero-order chi connectivity index (χ0) is 88.8. The van der Waals surface area contributed by atoms with E-state index >= 15 is 0 Å². The summed E-state index contributed by atoms with van der Waals surface area (Å²) in [6, 6.07) is 168. The molecule has 0 saturated heterocycles. The van der Waals surface area contributed by atoms with Crippen molar-refractivity contribution < 1.29 is 0 Å². The molecule has 0 aliphatic rings. The van der Waals surface area contributed by atoms with Gasteiger partial charge < -0.3 is 0 Å². The highest BCUT2D eigenvalue weighted by Gasteiger charge is 2.22. The van der Waals surface area contributed by atoms with Crippen molar-refractivity contribution in [2.45, 2.75) is 0 Å². The third kappa shape index (κ3) is 15.2. The van der Waals surface area contributed by atoms with E-state index in [0.29, 0.717) is 52.4 Å². The van der Waals surface area contributed by atoms with Gasteiger partial charge >= 0.3 is 0 Å². The fourth-order valence-corrected chi connectivity index (χ4v) is 19.1. The maximum Gasteiger partial charge on any atom is 0.164 e. The van der Waals surface area contributed by atoms with E-state index in [0.717, 1.165) is 77.5 Å². The van der Waals surface area contributed by atoms with Crippen LogP contribution in [0.25, 0.3) is 254 Å². The molecule has 0 radical (unpaired) electrons. The van der Waals surface area contributed by atoms with Crippen LogP contribution in [0, 0.1) is 0 Å². The number of nitrogens with zero attached hydrogens (tertiary/aromatic N) is 9. The van der Waals surface area contributed by atoms with Crippen molar-refractivity contribution in [3.05, 3.63) is 479 Å². The van der Waals surface area contributed by atoms with Crippen LogP contribution < -0.4 is 0 Å². The molecular weight excluding hydrogens is 1630 g/mol. The molecular formula is C125H79N9. The number of hydrogen-bond donors (Lipinski definition) is 0. The van der Waals surface area contributed by atoms with Gasteiger partial charge in [-0.25, -0.2) is 44.9 Å². The minimum absolute atomic E-state index is 0.649. The highest BCUT2D eigenvalue weighted by molar-refractivity contribution is 6.22. The Balaban J connectivity index is 0.000000111. The molecule has 3 aromatic heterocycles. The van der Waals surface area contributed by atoms with Crippen LogP contribution in [0.5, 0.6) is 0 Å². The Hall–Kier alpha value is -18.1. The second kappa shape index (κ2) is 34.5. The predicted molar refractivity (Wildman–Crippen MR) is 557 cm³/mol. The monoisotopic (exact) mass is 1710 g/mol. The van der Waals surface area contributed by atoms with Crippen LogP contribution in [0.15, 0.2) is 479 Å². The van der Waals surface area contributed by atoms with Gasteiger partial charge in [-0.05, 0) is 176 Å². The van der Waals surface area contributed by atoms with E-state index in [9.17, 15) is 0 Å². The van der Waals surface area contributed by atoms with E-state index < -0.39 is 0 Å². The zero-order valence-electron chi connectivity index (χ0n) is 72.6. The lowest BCUT2D eigenvalue weighted by Crippen LogP contribution is -2.00. The van der Waals surface area contributed by atoms with Gasteiger partial charge in [0.1, 0.15) is 0 Å². The quantitative estimate of drug-likeness (QED) is 0.110. The summed E-state index contributed by atoms with van der Waals surface area (Å²) in [7, 11) is 0. The Bertz CT molecular complexity index is 9010. The molecule has 0 aliphatic carbocycles. The average Bonchev–Trinajstić information content (AvgIpc) is 0.754. The Morgan fingerprint density at radius 2 is 0.299 bits per heavy atom. The molecule has 134 heavy (non-hydrogen) atoms. The number of aromatic nitrogens is 9. The van der Waals surface area contributed by atoms with Crippen LogP contribution in [0.3, 0.4) is 0 Å². The first kappa shape index (κ1) is 79.4. The van der Waals surface area contributed by atoms with Crippen LogP contribution in [-0.2, 0) is 0 Å². The van der Waals surface area contributed by atoms with Gasteiger partial charge in [-0.2, -0.15) is 0 Å². The van der Waals surface area contributed by atoms with E-state index in [1.807, 2.05) is 121 Å². The lowest BCUT2D eigenvalue weighted by molar-refractivity contribution is 1.07. The smallest absolute Gasteiger partial charge is 0.164 e. The average molecular weight is 1710 g/mol. The minimum atomic E-state index is 0.649. The Morgan fingerprint density at radius 1 is 0.0896 bits per heavy atom. The normalized spacial score (nSPS) is 11.4. The molecule has 0 spiro atoms. The van der Waals surface area contributed by atoms with Gasteiger partial charge in [-0.3, -0.25) is 0 Å². The molecule has 23 aromatic carbocycles. The van der Waals surface area contributed by atoms with Gasteiger partial charge in [0.25, 0.3) is 0 Å². The molecule has 624 valence electrons. The molecule has 26 rings (SSSR count). The molecule has 0 amide bonds. The molecule has 0 unspecified atom stereocenters. The van der Waals surface area contributed by atoms with E-state index in [1.54, 1.807) is 0 Å². The largest absolute Gasteiger partial charge is 0.208 e. The van der Waals surface area contributed by atoms with E-state index in [2.05, 4.69) is 358 Å². The lowest BCUT2D eigenvalue weighted by atomic mass is 9.92. The number of fused-ring (bicyclic) bond motifs is 17. The van der Waals surface area contributed by atoms with Gasteiger partial charge in [0.05, 0.1) is 0 Å². The topological polar surface area (TPSA) is 116 Å². The van der Waals surface area contributed by atoms with Crippen LogP contribution in [0.1, 0.15) is 0 Å².